The average Bonchev–Trinajstić information content (AvgIpc) is 3.26. The number of nitrogens with zero attached hydrogens (tertiary/aromatic N) is 2. The van der Waals surface area contributed by atoms with Crippen molar-refractivity contribution < 1.29 is 9.53 Å². The van der Waals surface area contributed by atoms with Gasteiger partial charge >= 0.3 is 0 Å². The maximum absolute atomic E-state index is 13.1. The number of carbonyl (C=O) groups excluding carboxylic acids is 1. The fraction of sp³-hybridized carbons (Fsp3) is 0.462. The minimum atomic E-state index is -0.564. The number of aryl methyl sites for hydroxylation is 1. The first kappa shape index (κ1) is 19.9. The Bertz CT molecular complexity index is 1200. The zero-order valence-electron chi connectivity index (χ0n) is 18.8. The van der Waals surface area contributed by atoms with Crippen molar-refractivity contribution >= 4 is 16.9 Å². The van der Waals surface area contributed by atoms with E-state index in [-0.39, 0.29) is 5.91 Å². The second kappa shape index (κ2) is 7.42. The third kappa shape index (κ3) is 3.16. The molecule has 4 heterocycles. The molecule has 1 saturated carbocycles. The number of H-pyrrole nitrogens is 1. The molecule has 2 N–H and O–H groups in total. The van der Waals surface area contributed by atoms with E-state index in [2.05, 4.69) is 40.4 Å². The molecular weight excluding hydrogens is 400 g/mol. The summed E-state index contributed by atoms with van der Waals surface area (Å²) < 4.78 is 5.58. The molecule has 0 bridgehead atoms. The van der Waals surface area contributed by atoms with Gasteiger partial charge in [0.15, 0.2) is 0 Å². The van der Waals surface area contributed by atoms with E-state index in [4.69, 9.17) is 4.74 Å². The van der Waals surface area contributed by atoms with Gasteiger partial charge in [-0.15, -0.1) is 0 Å². The fourth-order valence-electron chi connectivity index (χ4n) is 5.53. The van der Waals surface area contributed by atoms with Crippen molar-refractivity contribution in [3.8, 4) is 11.1 Å². The van der Waals surface area contributed by atoms with Gasteiger partial charge in [0.05, 0.1) is 0 Å². The van der Waals surface area contributed by atoms with Crippen molar-refractivity contribution in [3.63, 3.8) is 0 Å². The van der Waals surface area contributed by atoms with Crippen LogP contribution in [0.1, 0.15) is 54.0 Å². The number of pyridine rings is 1. The van der Waals surface area contributed by atoms with E-state index < -0.39 is 5.60 Å². The predicted molar refractivity (Wildman–Crippen MR) is 124 cm³/mol. The lowest BCUT2D eigenvalue weighted by atomic mass is 9.86. The van der Waals surface area contributed by atoms with Gasteiger partial charge in [-0.2, -0.15) is 0 Å². The van der Waals surface area contributed by atoms with Crippen LogP contribution in [0.4, 0.5) is 0 Å². The van der Waals surface area contributed by atoms with E-state index in [1.807, 2.05) is 17.3 Å². The summed E-state index contributed by atoms with van der Waals surface area (Å²) in [7, 11) is 1.66. The molecule has 3 aromatic rings. The van der Waals surface area contributed by atoms with E-state index in [1.54, 1.807) is 7.11 Å². The Hall–Kier alpha value is -2.70. The first-order chi connectivity index (χ1) is 15.6. The summed E-state index contributed by atoms with van der Waals surface area (Å²) in [6.45, 7) is 4.61. The minimum absolute atomic E-state index is 0.155. The molecule has 1 aromatic carbocycles. The third-order valence-electron chi connectivity index (χ3n) is 7.65. The molecule has 3 aliphatic rings. The maximum Gasteiger partial charge on any atom is 0.255 e. The van der Waals surface area contributed by atoms with Crippen LogP contribution < -0.4 is 5.32 Å². The van der Waals surface area contributed by atoms with Crippen LogP contribution in [0.25, 0.3) is 22.2 Å². The van der Waals surface area contributed by atoms with Crippen molar-refractivity contribution in [3.05, 3.63) is 52.8 Å². The maximum atomic E-state index is 13.1. The van der Waals surface area contributed by atoms with Gasteiger partial charge in [-0.1, -0.05) is 0 Å². The molecule has 1 aliphatic carbocycles. The molecular formula is C26H30N4O2. The van der Waals surface area contributed by atoms with Crippen molar-refractivity contribution in [2.45, 2.75) is 57.2 Å². The Morgan fingerprint density at radius 1 is 1.25 bits per heavy atom. The van der Waals surface area contributed by atoms with Crippen molar-refractivity contribution in [2.75, 3.05) is 20.2 Å². The molecule has 1 saturated heterocycles. The fourth-order valence-corrected chi connectivity index (χ4v) is 5.53. The number of hydrogen-bond donors (Lipinski definition) is 2. The molecule has 0 unspecified atom stereocenters. The summed E-state index contributed by atoms with van der Waals surface area (Å²) in [6.07, 6.45) is 8.93. The standard InChI is InChI=1S/C26H30N4O2/c1-16-13-28-24-21(16)12-18(14-29-24)17-10-19-15-30(25(31)26(32-2)6-7-26)9-5-20(19)22(11-17)23-4-3-8-27-23/h10-14,23,27H,3-9,15H2,1-2H3,(H,28,29)/t23-/m0/s1. The molecule has 166 valence electrons. The summed E-state index contributed by atoms with van der Waals surface area (Å²) >= 11 is 0. The highest BCUT2D eigenvalue weighted by atomic mass is 16.5. The Balaban J connectivity index is 1.42. The average molecular weight is 431 g/mol. The quantitative estimate of drug-likeness (QED) is 0.656. The molecule has 1 atom stereocenters. The molecule has 0 radical (unpaired) electrons. The van der Waals surface area contributed by atoms with Gasteiger partial charge < -0.3 is 19.9 Å². The van der Waals surface area contributed by atoms with Gasteiger partial charge in [0, 0.05) is 49.6 Å². The van der Waals surface area contributed by atoms with Gasteiger partial charge in [-0.3, -0.25) is 4.79 Å². The van der Waals surface area contributed by atoms with Crippen LogP contribution in [0.15, 0.2) is 30.6 Å². The zero-order chi connectivity index (χ0) is 21.9. The summed E-state index contributed by atoms with van der Waals surface area (Å²) in [5.41, 5.74) is 7.97. The van der Waals surface area contributed by atoms with E-state index >= 15 is 0 Å². The molecule has 6 rings (SSSR count). The van der Waals surface area contributed by atoms with Crippen LogP contribution >= 0.6 is 0 Å². The lowest BCUT2D eigenvalue weighted by molar-refractivity contribution is -0.145. The van der Waals surface area contributed by atoms with E-state index in [0.717, 1.165) is 48.9 Å². The van der Waals surface area contributed by atoms with Crippen LogP contribution in [0, 0.1) is 6.92 Å². The predicted octanol–water partition coefficient (Wildman–Crippen LogP) is 4.03. The van der Waals surface area contributed by atoms with Crippen molar-refractivity contribution in [1.82, 2.24) is 20.2 Å². The Kier molecular flexibility index (Phi) is 4.63. The Morgan fingerprint density at radius 2 is 2.12 bits per heavy atom. The van der Waals surface area contributed by atoms with Crippen LogP contribution in [-0.4, -0.2) is 46.6 Å². The number of aromatic amines is 1. The molecule has 6 heteroatoms. The van der Waals surface area contributed by atoms with Crippen molar-refractivity contribution in [1.29, 1.82) is 0 Å². The van der Waals surface area contributed by atoms with Crippen LogP contribution in [0.5, 0.6) is 0 Å². The number of rotatable bonds is 4. The summed E-state index contributed by atoms with van der Waals surface area (Å²) in [4.78, 5) is 23.1. The summed E-state index contributed by atoms with van der Waals surface area (Å²) in [5.74, 6) is 0.155. The van der Waals surface area contributed by atoms with Crippen LogP contribution in [0.2, 0.25) is 0 Å². The SMILES string of the molecule is COC1(C(=O)N2CCc3c(cc(-c4cnc5[nH]cc(C)c5c4)cc3[C@@H]3CCCN3)C2)CC1. The molecule has 0 spiro atoms. The second-order valence-corrected chi connectivity index (χ2v) is 9.62. The van der Waals surface area contributed by atoms with E-state index in [0.29, 0.717) is 12.6 Å². The third-order valence-corrected chi connectivity index (χ3v) is 7.65. The first-order valence-corrected chi connectivity index (χ1v) is 11.8. The Labute approximate surface area is 188 Å². The second-order valence-electron chi connectivity index (χ2n) is 9.62. The van der Waals surface area contributed by atoms with Gasteiger partial charge in [-0.25, -0.2) is 4.98 Å². The number of amides is 1. The summed E-state index contributed by atoms with van der Waals surface area (Å²) in [5, 5.41) is 4.85. The number of fused-ring (bicyclic) bond motifs is 2. The zero-order valence-corrected chi connectivity index (χ0v) is 18.8. The number of aromatic nitrogens is 2. The minimum Gasteiger partial charge on any atom is -0.368 e. The molecule has 32 heavy (non-hydrogen) atoms. The largest absolute Gasteiger partial charge is 0.368 e. The Morgan fingerprint density at radius 3 is 2.88 bits per heavy atom. The monoisotopic (exact) mass is 430 g/mol. The van der Waals surface area contributed by atoms with Gasteiger partial charge in [0.25, 0.3) is 5.91 Å². The molecule has 2 fully saturated rings. The topological polar surface area (TPSA) is 70.2 Å². The van der Waals surface area contributed by atoms with Gasteiger partial charge in [0.1, 0.15) is 11.2 Å². The molecule has 6 nitrogen and oxygen atoms in total. The van der Waals surface area contributed by atoms with Gasteiger partial charge in [0.2, 0.25) is 0 Å². The van der Waals surface area contributed by atoms with Crippen LogP contribution in [0.3, 0.4) is 0 Å². The molecule has 2 aliphatic heterocycles. The van der Waals surface area contributed by atoms with Crippen molar-refractivity contribution in [2.24, 2.45) is 0 Å². The lowest BCUT2D eigenvalue weighted by Crippen LogP contribution is -2.44. The van der Waals surface area contributed by atoms with E-state index in [1.165, 1.54) is 40.7 Å². The molecule has 2 aromatic heterocycles. The number of methoxy groups -OCH3 is 1. The van der Waals surface area contributed by atoms with Crippen LogP contribution in [-0.2, 0) is 22.5 Å². The highest BCUT2D eigenvalue weighted by Crippen LogP contribution is 2.42. The highest BCUT2D eigenvalue weighted by Gasteiger charge is 2.52. The number of benzene rings is 1. The number of nitrogens with one attached hydrogen (secondary N) is 2. The number of ether oxygens (including phenoxy) is 1. The molecule has 1 amide bonds. The lowest BCUT2D eigenvalue weighted by Gasteiger charge is -2.34. The number of hydrogen-bond acceptors (Lipinski definition) is 4. The normalized spacial score (nSPS) is 21.7. The number of carbonyl (C=O) groups is 1. The summed E-state index contributed by atoms with van der Waals surface area (Å²) in [6, 6.07) is 7.27. The smallest absolute Gasteiger partial charge is 0.255 e. The van der Waals surface area contributed by atoms with Gasteiger partial charge in [-0.05, 0) is 91.6 Å². The first-order valence-electron chi connectivity index (χ1n) is 11.8. The van der Waals surface area contributed by atoms with E-state index in [9.17, 15) is 4.79 Å². The highest BCUT2D eigenvalue weighted by molar-refractivity contribution is 5.88.